The van der Waals surface area contributed by atoms with Crippen molar-refractivity contribution in [2.24, 2.45) is 0 Å². The van der Waals surface area contributed by atoms with Crippen molar-refractivity contribution in [3.05, 3.63) is 36.1 Å². The summed E-state index contributed by atoms with van der Waals surface area (Å²) in [5.74, 6) is 0.308. The van der Waals surface area contributed by atoms with Crippen LogP contribution >= 0.6 is 10.8 Å². The van der Waals surface area contributed by atoms with Gasteiger partial charge in [0.25, 0.3) is 0 Å². The molecule has 0 bridgehead atoms. The molecule has 0 spiro atoms. The van der Waals surface area contributed by atoms with Gasteiger partial charge in [-0.15, -0.1) is 0 Å². The van der Waals surface area contributed by atoms with Crippen molar-refractivity contribution < 1.29 is 17.4 Å². The summed E-state index contributed by atoms with van der Waals surface area (Å²) >= 11 is 0. The molecule has 2 rings (SSSR count). The SMILES string of the molecule is O=S(=O)(O)SCCc1coc2ccccc12.[Na]. The Kier molecular flexibility index (Phi) is 5.56. The molecule has 87 valence electrons. The van der Waals surface area contributed by atoms with Crippen LogP contribution in [0.25, 0.3) is 11.0 Å². The maximum atomic E-state index is 10.5. The average molecular weight is 281 g/mol. The van der Waals surface area contributed by atoms with Crippen molar-refractivity contribution in [2.45, 2.75) is 6.42 Å². The van der Waals surface area contributed by atoms with E-state index in [0.29, 0.717) is 23.0 Å². The maximum absolute atomic E-state index is 10.5. The minimum Gasteiger partial charge on any atom is -0.464 e. The summed E-state index contributed by atoms with van der Waals surface area (Å²) in [5, 5.41) is 0.985. The fourth-order valence-corrected chi connectivity index (χ4v) is 2.88. The molecule has 1 radical (unpaired) electrons. The molecule has 0 fully saturated rings. The van der Waals surface area contributed by atoms with Crippen molar-refractivity contribution in [3.8, 4) is 0 Å². The van der Waals surface area contributed by atoms with Gasteiger partial charge in [-0.05, 0) is 28.8 Å². The molecule has 0 saturated carbocycles. The van der Waals surface area contributed by atoms with Gasteiger partial charge in [0, 0.05) is 40.7 Å². The van der Waals surface area contributed by atoms with E-state index in [9.17, 15) is 8.42 Å². The molecule has 7 heteroatoms. The van der Waals surface area contributed by atoms with Crippen molar-refractivity contribution in [1.82, 2.24) is 0 Å². The van der Waals surface area contributed by atoms with Gasteiger partial charge in [-0.3, -0.25) is 4.55 Å². The molecular formula is C10H10NaO4S2. The van der Waals surface area contributed by atoms with Crippen LogP contribution in [0.15, 0.2) is 34.9 Å². The van der Waals surface area contributed by atoms with Crippen molar-refractivity contribution in [2.75, 3.05) is 5.75 Å². The monoisotopic (exact) mass is 281 g/mol. The Morgan fingerprint density at radius 3 is 2.71 bits per heavy atom. The third kappa shape index (κ3) is 4.31. The van der Waals surface area contributed by atoms with E-state index >= 15 is 0 Å². The third-order valence-electron chi connectivity index (χ3n) is 2.16. The predicted molar refractivity (Wildman–Crippen MR) is 69.7 cm³/mol. The Balaban J connectivity index is 0.00000144. The quantitative estimate of drug-likeness (QED) is 0.528. The Labute approximate surface area is 125 Å². The molecule has 0 aliphatic carbocycles. The molecule has 1 aromatic heterocycles. The minimum atomic E-state index is -3.94. The van der Waals surface area contributed by atoms with Gasteiger partial charge < -0.3 is 4.42 Å². The van der Waals surface area contributed by atoms with Gasteiger partial charge in [0.2, 0.25) is 0 Å². The van der Waals surface area contributed by atoms with Crippen molar-refractivity contribution >= 4 is 60.5 Å². The van der Waals surface area contributed by atoms with Crippen LogP contribution in [0.2, 0.25) is 0 Å². The van der Waals surface area contributed by atoms with Crippen LogP contribution in [0.1, 0.15) is 5.56 Å². The number of hydrogen-bond donors (Lipinski definition) is 1. The van der Waals surface area contributed by atoms with Crippen LogP contribution in [0, 0.1) is 0 Å². The molecular weight excluding hydrogens is 271 g/mol. The van der Waals surface area contributed by atoms with Crippen LogP contribution in [0.3, 0.4) is 0 Å². The van der Waals surface area contributed by atoms with Crippen LogP contribution in [0.5, 0.6) is 0 Å². The van der Waals surface area contributed by atoms with Crippen LogP contribution in [-0.2, 0) is 15.6 Å². The second kappa shape index (κ2) is 6.26. The first kappa shape index (κ1) is 15.1. The number of benzene rings is 1. The van der Waals surface area contributed by atoms with Crippen molar-refractivity contribution in [1.29, 1.82) is 0 Å². The number of furan rings is 1. The third-order valence-corrected chi connectivity index (χ3v) is 4.23. The van der Waals surface area contributed by atoms with E-state index in [4.69, 9.17) is 8.97 Å². The summed E-state index contributed by atoms with van der Waals surface area (Å²) in [5.41, 5.74) is 1.74. The van der Waals surface area contributed by atoms with E-state index in [1.165, 1.54) is 0 Å². The fraction of sp³-hybridized carbons (Fsp3) is 0.200. The molecule has 0 atom stereocenters. The normalized spacial score (nSPS) is 11.4. The van der Waals surface area contributed by atoms with Gasteiger partial charge in [0.15, 0.2) is 0 Å². The van der Waals surface area contributed by atoms with E-state index in [-0.39, 0.29) is 29.6 Å². The van der Waals surface area contributed by atoms with Gasteiger partial charge in [-0.25, -0.2) is 0 Å². The Morgan fingerprint density at radius 1 is 1.29 bits per heavy atom. The molecule has 1 aromatic carbocycles. The Morgan fingerprint density at radius 2 is 2.00 bits per heavy atom. The summed E-state index contributed by atoms with van der Waals surface area (Å²) in [6.45, 7) is 0. The summed E-state index contributed by atoms with van der Waals surface area (Å²) in [7, 11) is -3.42. The summed E-state index contributed by atoms with van der Waals surface area (Å²) in [4.78, 5) is 0. The molecule has 2 aromatic rings. The fourth-order valence-electron chi connectivity index (χ4n) is 1.48. The largest absolute Gasteiger partial charge is 0.464 e. The Hall–Kier alpha value is 0.0200. The van der Waals surface area contributed by atoms with E-state index in [1.54, 1.807) is 6.26 Å². The standard InChI is InChI=1S/C10H10O4S2.Na/c11-16(12,13)15-6-5-8-7-14-10-4-2-1-3-9(8)10;/h1-4,7H,5-6H2,(H,11,12,13);. The molecule has 4 nitrogen and oxygen atoms in total. The molecule has 0 saturated heterocycles. The minimum absolute atomic E-state index is 0. The second-order valence-electron chi connectivity index (χ2n) is 3.26. The molecule has 0 amide bonds. The zero-order chi connectivity index (χ0) is 11.6. The van der Waals surface area contributed by atoms with Gasteiger partial charge in [-0.2, -0.15) is 8.42 Å². The van der Waals surface area contributed by atoms with Gasteiger partial charge in [0.1, 0.15) is 5.58 Å². The summed E-state index contributed by atoms with van der Waals surface area (Å²) in [6.07, 6.45) is 2.16. The number of aryl methyl sites for hydroxylation is 1. The van der Waals surface area contributed by atoms with Gasteiger partial charge in [0.05, 0.1) is 6.26 Å². The molecule has 0 unspecified atom stereocenters. The van der Waals surface area contributed by atoms with Crippen molar-refractivity contribution in [3.63, 3.8) is 0 Å². The number of para-hydroxylation sites is 1. The topological polar surface area (TPSA) is 67.5 Å². The molecule has 1 N–H and O–H groups in total. The summed E-state index contributed by atoms with van der Waals surface area (Å²) < 4.78 is 34.9. The molecule has 0 aliphatic rings. The smallest absolute Gasteiger partial charge is 0.319 e. The maximum Gasteiger partial charge on any atom is 0.319 e. The Bertz CT molecular complexity index is 591. The van der Waals surface area contributed by atoms with Crippen LogP contribution in [-0.4, -0.2) is 48.3 Å². The summed E-state index contributed by atoms with van der Waals surface area (Å²) in [6, 6.07) is 7.56. The van der Waals surface area contributed by atoms with E-state index in [1.807, 2.05) is 24.3 Å². The van der Waals surface area contributed by atoms with E-state index in [2.05, 4.69) is 0 Å². The average Bonchev–Trinajstić information content (AvgIpc) is 2.60. The number of rotatable bonds is 4. The second-order valence-corrected chi connectivity index (χ2v) is 6.73. The van der Waals surface area contributed by atoms with Gasteiger partial charge in [-0.1, -0.05) is 18.2 Å². The number of fused-ring (bicyclic) bond motifs is 1. The zero-order valence-electron chi connectivity index (χ0n) is 9.29. The first-order valence-corrected chi connectivity index (χ1v) is 7.57. The first-order valence-electron chi connectivity index (χ1n) is 4.63. The molecule has 1 heterocycles. The van der Waals surface area contributed by atoms with E-state index in [0.717, 1.165) is 16.5 Å². The number of hydrogen-bond acceptors (Lipinski definition) is 4. The van der Waals surface area contributed by atoms with E-state index < -0.39 is 9.15 Å². The van der Waals surface area contributed by atoms with Crippen LogP contribution < -0.4 is 0 Å². The van der Waals surface area contributed by atoms with Gasteiger partial charge >= 0.3 is 9.15 Å². The molecule has 17 heavy (non-hydrogen) atoms. The zero-order valence-corrected chi connectivity index (χ0v) is 12.9. The predicted octanol–water partition coefficient (Wildman–Crippen LogP) is 2.13. The van der Waals surface area contributed by atoms with Crippen LogP contribution in [0.4, 0.5) is 0 Å². The molecule has 0 aliphatic heterocycles. The first-order chi connectivity index (χ1) is 7.56.